The number of hydrogen-bond donors (Lipinski definition) is 0. The molecular formula is C12H20N4. The third kappa shape index (κ3) is 3.22. The minimum atomic E-state index is 0.623. The van der Waals surface area contributed by atoms with Crippen LogP contribution in [0.5, 0.6) is 0 Å². The van der Waals surface area contributed by atoms with E-state index >= 15 is 0 Å². The van der Waals surface area contributed by atoms with Gasteiger partial charge in [-0.2, -0.15) is 0 Å². The molecule has 1 aromatic heterocycles. The minimum absolute atomic E-state index is 0.623. The van der Waals surface area contributed by atoms with Crippen molar-refractivity contribution in [2.24, 2.45) is 4.99 Å². The summed E-state index contributed by atoms with van der Waals surface area (Å²) in [6, 6.07) is 4.00. The Hall–Kier alpha value is -1.58. The number of guanidine groups is 1. The Bertz CT molecular complexity index is 359. The van der Waals surface area contributed by atoms with Crippen LogP contribution in [0.4, 0.5) is 0 Å². The fourth-order valence-corrected chi connectivity index (χ4v) is 1.51. The van der Waals surface area contributed by atoms with E-state index in [0.717, 1.165) is 11.7 Å². The maximum atomic E-state index is 4.56. The van der Waals surface area contributed by atoms with Crippen molar-refractivity contribution in [1.29, 1.82) is 0 Å². The summed E-state index contributed by atoms with van der Waals surface area (Å²) in [6.45, 7) is 2.68. The summed E-state index contributed by atoms with van der Waals surface area (Å²) in [5.74, 6) is 0.949. The lowest BCUT2D eigenvalue weighted by Crippen LogP contribution is -2.35. The monoisotopic (exact) mass is 220 g/mol. The largest absolute Gasteiger partial charge is 0.349 e. The van der Waals surface area contributed by atoms with Gasteiger partial charge in [-0.3, -0.25) is 4.98 Å². The Morgan fingerprint density at radius 2 is 1.88 bits per heavy atom. The van der Waals surface area contributed by atoms with Crippen molar-refractivity contribution in [3.8, 4) is 0 Å². The summed E-state index contributed by atoms with van der Waals surface area (Å²) in [5, 5.41) is 0. The highest BCUT2D eigenvalue weighted by atomic mass is 15.3. The SMILES string of the molecule is Cc1cccnc1CN=C(N(C)C)N(C)C. The standard InChI is InChI=1S/C12H20N4/c1-10-7-6-8-13-11(10)9-14-12(15(2)3)16(4)5/h6-8H,9H2,1-5H3. The smallest absolute Gasteiger partial charge is 0.195 e. The first kappa shape index (κ1) is 12.5. The molecule has 0 unspecified atom stereocenters. The van der Waals surface area contributed by atoms with Gasteiger partial charge in [-0.1, -0.05) is 6.07 Å². The lowest BCUT2D eigenvalue weighted by Gasteiger charge is -2.22. The van der Waals surface area contributed by atoms with E-state index in [0.29, 0.717) is 6.54 Å². The number of nitrogens with zero attached hydrogens (tertiary/aromatic N) is 4. The molecule has 0 amide bonds. The molecule has 0 aliphatic rings. The summed E-state index contributed by atoms with van der Waals surface area (Å²) in [7, 11) is 7.96. The van der Waals surface area contributed by atoms with E-state index in [4.69, 9.17) is 0 Å². The summed E-state index contributed by atoms with van der Waals surface area (Å²) in [4.78, 5) is 12.9. The zero-order valence-corrected chi connectivity index (χ0v) is 10.7. The molecule has 1 rings (SSSR count). The van der Waals surface area contributed by atoms with Crippen molar-refractivity contribution in [2.45, 2.75) is 13.5 Å². The molecular weight excluding hydrogens is 200 g/mol. The molecule has 0 radical (unpaired) electrons. The molecule has 0 spiro atoms. The fourth-order valence-electron chi connectivity index (χ4n) is 1.51. The van der Waals surface area contributed by atoms with Crippen molar-refractivity contribution in [2.75, 3.05) is 28.2 Å². The number of aliphatic imine (C=N–C) groups is 1. The number of pyridine rings is 1. The van der Waals surface area contributed by atoms with Crippen molar-refractivity contribution < 1.29 is 0 Å². The lowest BCUT2D eigenvalue weighted by molar-refractivity contribution is 0.479. The van der Waals surface area contributed by atoms with Crippen molar-refractivity contribution in [3.63, 3.8) is 0 Å². The summed E-state index contributed by atoms with van der Waals surface area (Å²) >= 11 is 0. The van der Waals surface area contributed by atoms with Gasteiger partial charge in [0, 0.05) is 34.4 Å². The van der Waals surface area contributed by atoms with E-state index in [9.17, 15) is 0 Å². The van der Waals surface area contributed by atoms with Gasteiger partial charge in [-0.15, -0.1) is 0 Å². The molecule has 0 bridgehead atoms. The highest BCUT2D eigenvalue weighted by molar-refractivity contribution is 5.79. The van der Waals surface area contributed by atoms with E-state index in [1.54, 1.807) is 0 Å². The van der Waals surface area contributed by atoms with E-state index in [2.05, 4.69) is 23.0 Å². The first-order chi connectivity index (χ1) is 7.52. The molecule has 4 heteroatoms. The molecule has 16 heavy (non-hydrogen) atoms. The van der Waals surface area contributed by atoms with Crippen LogP contribution in [-0.2, 0) is 6.54 Å². The number of hydrogen-bond acceptors (Lipinski definition) is 2. The Kier molecular flexibility index (Phi) is 4.28. The molecule has 0 aromatic carbocycles. The van der Waals surface area contributed by atoms with Crippen molar-refractivity contribution in [1.82, 2.24) is 14.8 Å². The third-order valence-electron chi connectivity index (χ3n) is 2.29. The van der Waals surface area contributed by atoms with Crippen LogP contribution in [0.1, 0.15) is 11.3 Å². The van der Waals surface area contributed by atoms with Crippen molar-refractivity contribution in [3.05, 3.63) is 29.6 Å². The van der Waals surface area contributed by atoms with Crippen LogP contribution < -0.4 is 0 Å². The molecule has 0 aliphatic heterocycles. The zero-order chi connectivity index (χ0) is 12.1. The molecule has 0 aliphatic carbocycles. The molecule has 4 nitrogen and oxygen atoms in total. The Balaban J connectivity index is 2.82. The van der Waals surface area contributed by atoms with E-state index in [-0.39, 0.29) is 0 Å². The van der Waals surface area contributed by atoms with E-state index < -0.39 is 0 Å². The van der Waals surface area contributed by atoms with Crippen molar-refractivity contribution >= 4 is 5.96 Å². The maximum Gasteiger partial charge on any atom is 0.195 e. The average Bonchev–Trinajstić information content (AvgIpc) is 2.20. The molecule has 1 aromatic rings. The maximum absolute atomic E-state index is 4.56. The summed E-state index contributed by atoms with van der Waals surface area (Å²) in [5.41, 5.74) is 2.21. The highest BCUT2D eigenvalue weighted by Gasteiger charge is 2.04. The van der Waals surface area contributed by atoms with Crippen LogP contribution in [0.15, 0.2) is 23.3 Å². The van der Waals surface area contributed by atoms with Gasteiger partial charge in [0.2, 0.25) is 0 Å². The minimum Gasteiger partial charge on any atom is -0.349 e. The number of rotatable bonds is 2. The van der Waals surface area contributed by atoms with E-state index in [1.807, 2.05) is 50.3 Å². The van der Waals surface area contributed by atoms with Crippen LogP contribution in [-0.4, -0.2) is 48.9 Å². The van der Waals surface area contributed by atoms with Gasteiger partial charge in [0.15, 0.2) is 5.96 Å². The Labute approximate surface area is 97.6 Å². The van der Waals surface area contributed by atoms with Gasteiger partial charge < -0.3 is 9.80 Å². The molecule has 0 saturated carbocycles. The number of aryl methyl sites for hydroxylation is 1. The predicted molar refractivity (Wildman–Crippen MR) is 67.5 cm³/mol. The van der Waals surface area contributed by atoms with Gasteiger partial charge in [0.1, 0.15) is 0 Å². The topological polar surface area (TPSA) is 31.7 Å². The van der Waals surface area contributed by atoms with Crippen LogP contribution in [0, 0.1) is 6.92 Å². The van der Waals surface area contributed by atoms with Gasteiger partial charge in [-0.05, 0) is 18.6 Å². The highest BCUT2D eigenvalue weighted by Crippen LogP contribution is 2.05. The predicted octanol–water partition coefficient (Wildman–Crippen LogP) is 1.37. The van der Waals surface area contributed by atoms with Gasteiger partial charge in [-0.25, -0.2) is 4.99 Å². The van der Waals surface area contributed by atoms with Crippen LogP contribution >= 0.6 is 0 Å². The molecule has 0 atom stereocenters. The quantitative estimate of drug-likeness (QED) is 0.557. The lowest BCUT2D eigenvalue weighted by atomic mass is 10.2. The molecule has 0 fully saturated rings. The summed E-state index contributed by atoms with van der Waals surface area (Å²) < 4.78 is 0. The Morgan fingerprint density at radius 3 is 2.38 bits per heavy atom. The molecule has 0 N–H and O–H groups in total. The number of aromatic nitrogens is 1. The average molecular weight is 220 g/mol. The summed E-state index contributed by atoms with van der Waals surface area (Å²) in [6.07, 6.45) is 1.81. The van der Waals surface area contributed by atoms with Crippen LogP contribution in [0.2, 0.25) is 0 Å². The van der Waals surface area contributed by atoms with Crippen LogP contribution in [0.25, 0.3) is 0 Å². The Morgan fingerprint density at radius 1 is 1.25 bits per heavy atom. The van der Waals surface area contributed by atoms with Gasteiger partial charge >= 0.3 is 0 Å². The first-order valence-electron chi connectivity index (χ1n) is 5.32. The second kappa shape index (κ2) is 5.49. The third-order valence-corrected chi connectivity index (χ3v) is 2.29. The first-order valence-corrected chi connectivity index (χ1v) is 5.32. The zero-order valence-electron chi connectivity index (χ0n) is 10.7. The fraction of sp³-hybridized carbons (Fsp3) is 0.500. The van der Waals surface area contributed by atoms with Gasteiger partial charge in [0.25, 0.3) is 0 Å². The second-order valence-electron chi connectivity index (χ2n) is 4.17. The molecule has 0 saturated heterocycles. The second-order valence-corrected chi connectivity index (χ2v) is 4.17. The normalized spacial score (nSPS) is 9.81. The van der Waals surface area contributed by atoms with E-state index in [1.165, 1.54) is 5.56 Å². The van der Waals surface area contributed by atoms with Crippen LogP contribution in [0.3, 0.4) is 0 Å². The molecule has 88 valence electrons. The molecule has 1 heterocycles. The van der Waals surface area contributed by atoms with Gasteiger partial charge in [0.05, 0.1) is 12.2 Å².